The number of amides is 7. The van der Waals surface area contributed by atoms with E-state index >= 15 is 0 Å². The Bertz CT molecular complexity index is 1030. The second kappa shape index (κ2) is 23.9. The van der Waals surface area contributed by atoms with Gasteiger partial charge in [-0.05, 0) is 57.8 Å². The van der Waals surface area contributed by atoms with Crippen molar-refractivity contribution in [3.05, 3.63) is 0 Å². The van der Waals surface area contributed by atoms with Crippen molar-refractivity contribution in [1.29, 1.82) is 0 Å². The van der Waals surface area contributed by atoms with E-state index in [0.29, 0.717) is 32.2 Å². The number of ketones is 1. The van der Waals surface area contributed by atoms with Gasteiger partial charge in [0.05, 0.1) is 6.04 Å². The summed E-state index contributed by atoms with van der Waals surface area (Å²) in [6.45, 7) is 25.7. The summed E-state index contributed by atoms with van der Waals surface area (Å²) in [5, 5.41) is 13.8. The molecule has 1 saturated carbocycles. The fourth-order valence-corrected chi connectivity index (χ4v) is 5.11. The van der Waals surface area contributed by atoms with E-state index in [4.69, 9.17) is 5.73 Å². The van der Waals surface area contributed by atoms with Gasteiger partial charge in [0.25, 0.3) is 5.91 Å². The fraction of sp³-hybridized carbons (Fsp3) is 0.833. The van der Waals surface area contributed by atoms with E-state index in [1.165, 1.54) is 11.3 Å². The van der Waals surface area contributed by atoms with Crippen LogP contribution in [0.15, 0.2) is 0 Å². The van der Waals surface area contributed by atoms with Crippen LogP contribution >= 0.6 is 0 Å². The topological polar surface area (TPSA) is 192 Å². The third-order valence-electron chi connectivity index (χ3n) is 7.72. The smallest absolute Gasteiger partial charge is 0.315 e. The minimum atomic E-state index is -1.10. The van der Waals surface area contributed by atoms with Gasteiger partial charge in [0.1, 0.15) is 12.1 Å². The van der Waals surface area contributed by atoms with Gasteiger partial charge in [0.2, 0.25) is 17.6 Å². The molecule has 0 spiro atoms. The summed E-state index contributed by atoms with van der Waals surface area (Å²) in [5.74, 6) is -2.63. The number of rotatable bonds is 12. The number of likely N-dealkylation sites (tertiary alicyclic amines) is 1. The van der Waals surface area contributed by atoms with Crippen molar-refractivity contribution in [2.75, 3.05) is 13.1 Å². The van der Waals surface area contributed by atoms with Gasteiger partial charge in [-0.3, -0.25) is 19.2 Å². The van der Waals surface area contributed by atoms with Gasteiger partial charge < -0.3 is 37.2 Å². The molecule has 286 valence electrons. The molecule has 7 amide bonds. The first-order valence-corrected chi connectivity index (χ1v) is 18.4. The zero-order valence-electron chi connectivity index (χ0n) is 32.9. The minimum absolute atomic E-state index is 0.195. The number of nitrogens with one attached hydrogen (secondary N) is 5. The van der Waals surface area contributed by atoms with Crippen LogP contribution in [0.3, 0.4) is 0 Å². The first-order valence-electron chi connectivity index (χ1n) is 18.4. The van der Waals surface area contributed by atoms with Gasteiger partial charge in [0, 0.05) is 24.7 Å². The van der Waals surface area contributed by atoms with Gasteiger partial charge >= 0.3 is 12.1 Å². The van der Waals surface area contributed by atoms with E-state index in [2.05, 4.69) is 40.4 Å². The van der Waals surface area contributed by atoms with Crippen LogP contribution in [0.5, 0.6) is 0 Å². The number of hydrogen-bond donors (Lipinski definition) is 6. The van der Waals surface area contributed by atoms with Gasteiger partial charge in [0.15, 0.2) is 0 Å². The third kappa shape index (κ3) is 18.3. The maximum absolute atomic E-state index is 13.8. The average Bonchev–Trinajstić information content (AvgIpc) is 3.50. The van der Waals surface area contributed by atoms with Crippen molar-refractivity contribution in [2.24, 2.45) is 17.1 Å². The summed E-state index contributed by atoms with van der Waals surface area (Å²) >= 11 is 0. The average molecular weight is 698 g/mol. The Kier molecular flexibility index (Phi) is 23.3. The summed E-state index contributed by atoms with van der Waals surface area (Å²) in [4.78, 5) is 77.8. The van der Waals surface area contributed by atoms with Crippen LogP contribution in [0.25, 0.3) is 0 Å². The number of nitrogens with zero attached hydrogens (tertiary/aromatic N) is 1. The molecule has 1 aliphatic carbocycles. The molecule has 2 aliphatic rings. The highest BCUT2D eigenvalue weighted by atomic mass is 16.2. The van der Waals surface area contributed by atoms with E-state index < -0.39 is 58.6 Å². The van der Waals surface area contributed by atoms with Crippen molar-refractivity contribution in [1.82, 2.24) is 31.5 Å². The molecule has 1 saturated heterocycles. The molecule has 13 heteroatoms. The molecule has 2 rings (SSSR count). The number of urea groups is 2. The Labute approximate surface area is 296 Å². The van der Waals surface area contributed by atoms with Crippen molar-refractivity contribution >= 4 is 35.6 Å². The molecule has 0 aromatic carbocycles. The summed E-state index contributed by atoms with van der Waals surface area (Å²) in [5.41, 5.74) is 4.14. The summed E-state index contributed by atoms with van der Waals surface area (Å²) in [7, 11) is 0. The van der Waals surface area contributed by atoms with Gasteiger partial charge in [-0.15, -0.1) is 0 Å². The number of Topliss-reactive ketones (excluding diaryl/α,β-unsaturated/α-hetero) is 1. The summed E-state index contributed by atoms with van der Waals surface area (Å²) in [6, 6.07) is -4.13. The van der Waals surface area contributed by atoms with Crippen molar-refractivity contribution in [2.45, 2.75) is 171 Å². The molecular formula is C36H71N7O6. The van der Waals surface area contributed by atoms with Crippen LogP contribution in [-0.4, -0.2) is 83.3 Å². The fourth-order valence-electron chi connectivity index (χ4n) is 5.11. The molecule has 13 nitrogen and oxygen atoms in total. The Morgan fingerprint density at radius 3 is 1.78 bits per heavy atom. The highest BCUT2D eigenvalue weighted by Gasteiger charge is 2.43. The van der Waals surface area contributed by atoms with Crippen LogP contribution < -0.4 is 32.3 Å². The normalized spacial score (nSPS) is 17.3. The molecule has 0 aromatic heterocycles. The number of primary amides is 1. The summed E-state index contributed by atoms with van der Waals surface area (Å²) < 4.78 is 0. The molecule has 1 heterocycles. The van der Waals surface area contributed by atoms with E-state index in [0.717, 1.165) is 19.3 Å². The molecule has 0 aromatic rings. The lowest BCUT2D eigenvalue weighted by Gasteiger charge is -2.36. The highest BCUT2D eigenvalue weighted by Crippen LogP contribution is 2.31. The number of carbonyl (C=O) groups is 6. The second-order valence-corrected chi connectivity index (χ2v) is 14.3. The van der Waals surface area contributed by atoms with Crippen LogP contribution in [0.2, 0.25) is 0 Å². The first-order chi connectivity index (χ1) is 22.8. The molecule has 1 aliphatic heterocycles. The molecule has 4 unspecified atom stereocenters. The molecule has 7 N–H and O–H groups in total. The molecule has 49 heavy (non-hydrogen) atoms. The van der Waals surface area contributed by atoms with Crippen LogP contribution in [-0.2, 0) is 19.2 Å². The minimum Gasteiger partial charge on any atom is -0.363 e. The SMILES string of the molecule is CC.CC.CCC.CCC(CNC(=O)NC(C)(C)C)NC(=O)NC(C(=O)N1CCCC1C(=O)NC(CC1CCC1)C(=O)C(N)=O)C(C)(C)C. The molecule has 0 radical (unpaired) electrons. The zero-order chi connectivity index (χ0) is 38.5. The molecule has 4 atom stereocenters. The maximum Gasteiger partial charge on any atom is 0.315 e. The lowest BCUT2D eigenvalue weighted by Crippen LogP contribution is -2.61. The first kappa shape index (κ1) is 47.7. The Balaban J connectivity index is 0. The largest absolute Gasteiger partial charge is 0.363 e. The lowest BCUT2D eigenvalue weighted by molar-refractivity contribution is -0.143. The number of carbonyl (C=O) groups excluding carboxylic acids is 6. The van der Waals surface area contributed by atoms with Gasteiger partial charge in [-0.1, -0.05) is 94.9 Å². The third-order valence-corrected chi connectivity index (χ3v) is 7.72. The molecule has 2 fully saturated rings. The molecule has 0 bridgehead atoms. The van der Waals surface area contributed by atoms with E-state index in [-0.39, 0.29) is 24.5 Å². The zero-order valence-corrected chi connectivity index (χ0v) is 32.9. The van der Waals surface area contributed by atoms with Crippen molar-refractivity contribution in [3.63, 3.8) is 0 Å². The van der Waals surface area contributed by atoms with E-state index in [1.54, 1.807) is 0 Å². The highest BCUT2D eigenvalue weighted by molar-refractivity contribution is 6.37. The van der Waals surface area contributed by atoms with Crippen molar-refractivity contribution in [3.8, 4) is 0 Å². The Morgan fingerprint density at radius 2 is 1.35 bits per heavy atom. The van der Waals surface area contributed by atoms with Crippen LogP contribution in [0, 0.1) is 11.3 Å². The second-order valence-electron chi connectivity index (χ2n) is 14.3. The summed E-state index contributed by atoms with van der Waals surface area (Å²) in [6.07, 6.45) is 5.98. The van der Waals surface area contributed by atoms with Crippen molar-refractivity contribution < 1.29 is 28.8 Å². The van der Waals surface area contributed by atoms with E-state index in [1.807, 2.05) is 76.2 Å². The quantitative estimate of drug-likeness (QED) is 0.159. The predicted molar refractivity (Wildman–Crippen MR) is 197 cm³/mol. The Hall–Kier alpha value is -3.38. The lowest BCUT2D eigenvalue weighted by atomic mass is 9.80. The maximum atomic E-state index is 13.8. The van der Waals surface area contributed by atoms with Crippen LogP contribution in [0.4, 0.5) is 9.59 Å². The number of hydrogen-bond acceptors (Lipinski definition) is 6. The molecular weight excluding hydrogens is 626 g/mol. The predicted octanol–water partition coefficient (Wildman–Crippen LogP) is 4.77. The Morgan fingerprint density at radius 1 is 0.796 bits per heavy atom. The van der Waals surface area contributed by atoms with E-state index in [9.17, 15) is 28.8 Å². The standard InChI is InChI=1S/C29H51N7O6.C3H8.2C2H6/c1-8-18(16-31-26(41)35-29(5,6)7)32-27(42)34-22(28(2,3)4)25(40)36-14-10-13-20(36)24(39)33-19(21(37)23(30)38)15-17-11-9-12-17;1-3-2;2*1-2/h17-20,22H,8-16H2,1-7H3,(H2,30,38)(H,33,39)(H2,31,35,41)(H2,32,34,42);3H2,1-2H3;2*1-2H3. The van der Waals surface area contributed by atoms with Crippen LogP contribution in [0.1, 0.15) is 141 Å². The number of nitrogens with two attached hydrogens (primary N) is 1. The van der Waals surface area contributed by atoms with Gasteiger partial charge in [-0.2, -0.15) is 0 Å². The van der Waals surface area contributed by atoms with Gasteiger partial charge in [-0.25, -0.2) is 9.59 Å². The monoisotopic (exact) mass is 698 g/mol.